The van der Waals surface area contributed by atoms with Crippen molar-refractivity contribution in [1.82, 2.24) is 0 Å². The zero-order valence-corrected chi connectivity index (χ0v) is 14.0. The molecule has 4 rings (SSSR count). The van der Waals surface area contributed by atoms with Crippen LogP contribution < -0.4 is 5.01 Å². The number of hydrogen-bond acceptors (Lipinski definition) is 3. The molecule has 0 fully saturated rings. The maximum absolute atomic E-state index is 6.03. The van der Waals surface area contributed by atoms with Crippen molar-refractivity contribution < 1.29 is 0 Å². The van der Waals surface area contributed by atoms with E-state index in [0.717, 1.165) is 22.8 Å². The molecule has 3 aromatic rings. The van der Waals surface area contributed by atoms with E-state index < -0.39 is 0 Å². The number of nitrogens with zero attached hydrogens (tertiary/aromatic N) is 2. The van der Waals surface area contributed by atoms with Gasteiger partial charge in [-0.3, -0.25) is 5.01 Å². The van der Waals surface area contributed by atoms with Crippen LogP contribution in [0, 0.1) is 0 Å². The molecule has 2 heterocycles. The SMILES string of the molecule is Clc1ccc(N2N=C(c3cccs3)CC2c2ccccc2)cc1. The number of hydrazone groups is 1. The molecule has 0 bridgehead atoms. The molecule has 1 aromatic heterocycles. The summed E-state index contributed by atoms with van der Waals surface area (Å²) in [5, 5.41) is 9.86. The van der Waals surface area contributed by atoms with Gasteiger partial charge in [-0.25, -0.2) is 0 Å². The highest BCUT2D eigenvalue weighted by Gasteiger charge is 2.30. The van der Waals surface area contributed by atoms with Gasteiger partial charge in [-0.05, 0) is 41.3 Å². The van der Waals surface area contributed by atoms with Gasteiger partial charge in [0.05, 0.1) is 22.3 Å². The molecule has 0 spiro atoms. The predicted molar refractivity (Wildman–Crippen MR) is 98.6 cm³/mol. The normalized spacial score (nSPS) is 17.3. The third-order valence-electron chi connectivity index (χ3n) is 3.99. The van der Waals surface area contributed by atoms with E-state index in [2.05, 4.69) is 46.8 Å². The molecule has 0 saturated carbocycles. The van der Waals surface area contributed by atoms with Crippen molar-refractivity contribution in [3.63, 3.8) is 0 Å². The Bertz CT molecular complexity index is 810. The minimum Gasteiger partial charge on any atom is -0.257 e. The summed E-state index contributed by atoms with van der Waals surface area (Å²) in [6.07, 6.45) is 0.910. The lowest BCUT2D eigenvalue weighted by molar-refractivity contribution is 0.709. The fraction of sp³-hybridized carbons (Fsp3) is 0.105. The number of halogens is 1. The van der Waals surface area contributed by atoms with Crippen molar-refractivity contribution in [3.05, 3.63) is 87.6 Å². The quantitative estimate of drug-likeness (QED) is 0.593. The van der Waals surface area contributed by atoms with Crippen LogP contribution in [-0.4, -0.2) is 5.71 Å². The van der Waals surface area contributed by atoms with Crippen LogP contribution in [-0.2, 0) is 0 Å². The number of rotatable bonds is 3. The van der Waals surface area contributed by atoms with Gasteiger partial charge in [0.2, 0.25) is 0 Å². The molecular weight excluding hydrogens is 324 g/mol. The van der Waals surface area contributed by atoms with E-state index in [1.54, 1.807) is 11.3 Å². The summed E-state index contributed by atoms with van der Waals surface area (Å²) < 4.78 is 0. The number of thiophene rings is 1. The van der Waals surface area contributed by atoms with Crippen LogP contribution in [0.2, 0.25) is 5.02 Å². The Balaban J connectivity index is 1.75. The van der Waals surface area contributed by atoms with Gasteiger partial charge in [0.15, 0.2) is 0 Å². The Morgan fingerprint density at radius 1 is 0.957 bits per heavy atom. The van der Waals surface area contributed by atoms with Crippen molar-refractivity contribution >= 4 is 34.3 Å². The molecule has 0 amide bonds. The molecule has 0 radical (unpaired) electrons. The number of hydrogen-bond donors (Lipinski definition) is 0. The average Bonchev–Trinajstić information content (AvgIpc) is 3.26. The number of anilines is 1. The second-order valence-electron chi connectivity index (χ2n) is 5.48. The van der Waals surface area contributed by atoms with E-state index in [1.807, 2.05) is 30.3 Å². The lowest BCUT2D eigenvalue weighted by Crippen LogP contribution is -2.18. The third-order valence-corrected chi connectivity index (χ3v) is 5.16. The molecule has 23 heavy (non-hydrogen) atoms. The van der Waals surface area contributed by atoms with E-state index in [9.17, 15) is 0 Å². The lowest BCUT2D eigenvalue weighted by atomic mass is 10.0. The maximum atomic E-state index is 6.03. The summed E-state index contributed by atoms with van der Waals surface area (Å²) in [4.78, 5) is 1.24. The van der Waals surface area contributed by atoms with E-state index in [0.29, 0.717) is 0 Å². The molecule has 1 atom stereocenters. The van der Waals surface area contributed by atoms with Crippen LogP contribution in [0.15, 0.2) is 77.2 Å². The molecule has 1 unspecified atom stereocenters. The first-order valence-corrected chi connectivity index (χ1v) is 8.78. The van der Waals surface area contributed by atoms with Gasteiger partial charge < -0.3 is 0 Å². The molecule has 2 nitrogen and oxygen atoms in total. The molecule has 4 heteroatoms. The second kappa shape index (κ2) is 6.19. The van der Waals surface area contributed by atoms with Gasteiger partial charge in [-0.15, -0.1) is 11.3 Å². The van der Waals surface area contributed by atoms with E-state index >= 15 is 0 Å². The van der Waals surface area contributed by atoms with Crippen molar-refractivity contribution in [3.8, 4) is 0 Å². The van der Waals surface area contributed by atoms with E-state index in [1.165, 1.54) is 10.4 Å². The monoisotopic (exact) mass is 338 g/mol. The second-order valence-corrected chi connectivity index (χ2v) is 6.86. The van der Waals surface area contributed by atoms with Crippen molar-refractivity contribution in [2.45, 2.75) is 12.5 Å². The van der Waals surface area contributed by atoms with Crippen LogP contribution in [0.3, 0.4) is 0 Å². The molecule has 1 aliphatic heterocycles. The molecule has 1 aliphatic rings. The molecule has 0 N–H and O–H groups in total. The Morgan fingerprint density at radius 3 is 2.43 bits per heavy atom. The van der Waals surface area contributed by atoms with Crippen LogP contribution in [0.25, 0.3) is 0 Å². The van der Waals surface area contributed by atoms with Crippen LogP contribution in [0.5, 0.6) is 0 Å². The smallest absolute Gasteiger partial charge is 0.0832 e. The first kappa shape index (κ1) is 14.5. The summed E-state index contributed by atoms with van der Waals surface area (Å²) in [5.41, 5.74) is 3.48. The summed E-state index contributed by atoms with van der Waals surface area (Å²) in [6, 6.07) is 22.9. The maximum Gasteiger partial charge on any atom is 0.0832 e. The Kier molecular flexibility index (Phi) is 3.90. The molecule has 2 aromatic carbocycles. The first-order valence-electron chi connectivity index (χ1n) is 7.52. The van der Waals surface area contributed by atoms with Crippen LogP contribution >= 0.6 is 22.9 Å². The van der Waals surface area contributed by atoms with Gasteiger partial charge in [0.1, 0.15) is 0 Å². The van der Waals surface area contributed by atoms with Crippen LogP contribution in [0.4, 0.5) is 5.69 Å². The Labute approximate surface area is 144 Å². The minimum atomic E-state index is 0.217. The molecular formula is C19H15ClN2S. The Morgan fingerprint density at radius 2 is 1.74 bits per heavy atom. The van der Waals surface area contributed by atoms with Gasteiger partial charge in [-0.1, -0.05) is 48.0 Å². The van der Waals surface area contributed by atoms with E-state index in [-0.39, 0.29) is 6.04 Å². The summed E-state index contributed by atoms with van der Waals surface area (Å²) in [5.74, 6) is 0. The van der Waals surface area contributed by atoms with Gasteiger partial charge in [-0.2, -0.15) is 5.10 Å². The topological polar surface area (TPSA) is 15.6 Å². The summed E-state index contributed by atoms with van der Waals surface area (Å²) in [6.45, 7) is 0. The van der Waals surface area contributed by atoms with E-state index in [4.69, 9.17) is 16.7 Å². The minimum absolute atomic E-state index is 0.217. The fourth-order valence-corrected chi connectivity index (χ4v) is 3.72. The highest BCUT2D eigenvalue weighted by Crippen LogP contribution is 2.37. The Hall–Kier alpha value is -2.10. The van der Waals surface area contributed by atoms with Gasteiger partial charge >= 0.3 is 0 Å². The summed E-state index contributed by atoms with van der Waals surface area (Å²) in [7, 11) is 0. The van der Waals surface area contributed by atoms with Crippen molar-refractivity contribution in [2.24, 2.45) is 5.10 Å². The largest absolute Gasteiger partial charge is 0.257 e. The number of benzene rings is 2. The highest BCUT2D eigenvalue weighted by atomic mass is 35.5. The zero-order chi connectivity index (χ0) is 15.6. The van der Waals surface area contributed by atoms with Gasteiger partial charge in [0.25, 0.3) is 0 Å². The van der Waals surface area contributed by atoms with Gasteiger partial charge in [0, 0.05) is 11.4 Å². The highest BCUT2D eigenvalue weighted by molar-refractivity contribution is 7.12. The molecule has 114 valence electrons. The third kappa shape index (κ3) is 2.90. The molecule has 0 aliphatic carbocycles. The summed E-state index contributed by atoms with van der Waals surface area (Å²) >= 11 is 7.77. The zero-order valence-electron chi connectivity index (χ0n) is 12.4. The van der Waals surface area contributed by atoms with Crippen LogP contribution in [0.1, 0.15) is 22.9 Å². The lowest BCUT2D eigenvalue weighted by Gasteiger charge is -2.24. The fourth-order valence-electron chi connectivity index (χ4n) is 2.87. The predicted octanol–water partition coefficient (Wildman–Crippen LogP) is 5.76. The molecule has 0 saturated heterocycles. The average molecular weight is 339 g/mol. The van der Waals surface area contributed by atoms with Crippen molar-refractivity contribution in [2.75, 3.05) is 5.01 Å². The standard InChI is InChI=1S/C19H15ClN2S/c20-15-8-10-16(11-9-15)22-18(14-5-2-1-3-6-14)13-17(21-22)19-7-4-12-23-19/h1-12,18H,13H2. The first-order chi connectivity index (χ1) is 11.3. The van der Waals surface area contributed by atoms with Crippen molar-refractivity contribution in [1.29, 1.82) is 0 Å².